The van der Waals surface area contributed by atoms with E-state index in [4.69, 9.17) is 4.74 Å². The number of esters is 1. The van der Waals surface area contributed by atoms with Crippen molar-refractivity contribution in [1.82, 2.24) is 25.1 Å². The zero-order valence-electron chi connectivity index (χ0n) is 14.0. The smallest absolute Gasteiger partial charge is 0.328 e. The Bertz CT molecular complexity index is 870. The molecule has 132 valence electrons. The standard InChI is InChI=1S/C16H19N5O4/c1-21-15(23)9(7-19-21)6-12(16(24)25-2)20-14(22)13-10-4-3-5-11(10)17-8-18-13/h7-8,12,19H,3-6H2,1-2H3,(H,20,22)/t12-/m1/s1. The van der Waals surface area contributed by atoms with Crippen molar-refractivity contribution in [2.45, 2.75) is 31.7 Å². The van der Waals surface area contributed by atoms with E-state index < -0.39 is 17.9 Å². The Balaban J connectivity index is 1.82. The molecule has 0 aliphatic heterocycles. The fraction of sp³-hybridized carbons (Fsp3) is 0.438. The molecule has 0 bridgehead atoms. The lowest BCUT2D eigenvalue weighted by molar-refractivity contribution is -0.142. The molecule has 2 heterocycles. The van der Waals surface area contributed by atoms with E-state index >= 15 is 0 Å². The van der Waals surface area contributed by atoms with Gasteiger partial charge in [0.05, 0.1) is 7.11 Å². The number of aryl methyl sites for hydroxylation is 2. The first kappa shape index (κ1) is 16.9. The van der Waals surface area contributed by atoms with Crippen molar-refractivity contribution in [1.29, 1.82) is 0 Å². The molecule has 1 aliphatic carbocycles. The van der Waals surface area contributed by atoms with Gasteiger partial charge >= 0.3 is 5.97 Å². The number of hydrogen-bond donors (Lipinski definition) is 2. The van der Waals surface area contributed by atoms with Crippen molar-refractivity contribution >= 4 is 11.9 Å². The molecule has 0 saturated heterocycles. The summed E-state index contributed by atoms with van der Waals surface area (Å²) in [6.07, 6.45) is 5.37. The molecular weight excluding hydrogens is 326 g/mol. The van der Waals surface area contributed by atoms with Crippen molar-refractivity contribution < 1.29 is 14.3 Å². The molecule has 0 saturated carbocycles. The van der Waals surface area contributed by atoms with Gasteiger partial charge in [0.25, 0.3) is 11.5 Å². The SMILES string of the molecule is COC(=O)[C@@H](Cc1c[nH]n(C)c1=O)NC(=O)c1ncnc2c1CCC2. The molecule has 0 aromatic carbocycles. The Morgan fingerprint density at radius 2 is 2.20 bits per heavy atom. The highest BCUT2D eigenvalue weighted by molar-refractivity contribution is 5.96. The van der Waals surface area contributed by atoms with Crippen molar-refractivity contribution in [2.75, 3.05) is 7.11 Å². The number of methoxy groups -OCH3 is 1. The van der Waals surface area contributed by atoms with E-state index in [1.54, 1.807) is 7.05 Å². The van der Waals surface area contributed by atoms with Crippen LogP contribution in [0.3, 0.4) is 0 Å². The van der Waals surface area contributed by atoms with Crippen LogP contribution >= 0.6 is 0 Å². The number of aromatic nitrogens is 4. The molecule has 9 heteroatoms. The Hall–Kier alpha value is -2.97. The van der Waals surface area contributed by atoms with E-state index in [9.17, 15) is 14.4 Å². The summed E-state index contributed by atoms with van der Waals surface area (Å²) in [5.74, 6) is -1.09. The maximum absolute atomic E-state index is 12.6. The third-order valence-electron chi connectivity index (χ3n) is 4.32. The van der Waals surface area contributed by atoms with Crippen LogP contribution in [-0.4, -0.2) is 44.8 Å². The highest BCUT2D eigenvalue weighted by atomic mass is 16.5. The van der Waals surface area contributed by atoms with Gasteiger partial charge in [-0.2, -0.15) is 0 Å². The van der Waals surface area contributed by atoms with E-state index in [0.29, 0.717) is 5.56 Å². The molecule has 0 fully saturated rings. The van der Waals surface area contributed by atoms with Crippen LogP contribution in [0.5, 0.6) is 0 Å². The van der Waals surface area contributed by atoms with Crippen molar-refractivity contribution in [3.05, 3.63) is 45.4 Å². The van der Waals surface area contributed by atoms with Gasteiger partial charge < -0.3 is 15.2 Å². The lowest BCUT2D eigenvalue weighted by Crippen LogP contribution is -2.44. The van der Waals surface area contributed by atoms with Crippen LogP contribution in [0.1, 0.15) is 33.7 Å². The van der Waals surface area contributed by atoms with Crippen LogP contribution < -0.4 is 10.9 Å². The quantitative estimate of drug-likeness (QED) is 0.706. The molecule has 1 amide bonds. The summed E-state index contributed by atoms with van der Waals surface area (Å²) in [6, 6.07) is -0.979. The molecule has 1 aliphatic rings. The summed E-state index contributed by atoms with van der Waals surface area (Å²) in [4.78, 5) is 44.9. The number of aromatic amines is 1. The van der Waals surface area contributed by atoms with Crippen LogP contribution in [0.15, 0.2) is 17.3 Å². The van der Waals surface area contributed by atoms with Crippen LogP contribution in [0, 0.1) is 0 Å². The van der Waals surface area contributed by atoms with Gasteiger partial charge in [0.15, 0.2) is 0 Å². The summed E-state index contributed by atoms with van der Waals surface area (Å²) >= 11 is 0. The number of fused-ring (bicyclic) bond motifs is 1. The topological polar surface area (TPSA) is 119 Å². The van der Waals surface area contributed by atoms with Gasteiger partial charge in [-0.25, -0.2) is 14.8 Å². The third-order valence-corrected chi connectivity index (χ3v) is 4.32. The minimum Gasteiger partial charge on any atom is -0.467 e. The van der Waals surface area contributed by atoms with Gasteiger partial charge in [-0.15, -0.1) is 0 Å². The maximum Gasteiger partial charge on any atom is 0.328 e. The number of rotatable bonds is 5. The Morgan fingerprint density at radius 3 is 2.88 bits per heavy atom. The van der Waals surface area contributed by atoms with Gasteiger partial charge in [-0.3, -0.25) is 14.3 Å². The van der Waals surface area contributed by atoms with Crippen LogP contribution in [0.2, 0.25) is 0 Å². The second-order valence-corrected chi connectivity index (χ2v) is 5.92. The van der Waals surface area contributed by atoms with Gasteiger partial charge in [0.1, 0.15) is 18.1 Å². The second-order valence-electron chi connectivity index (χ2n) is 5.92. The first-order chi connectivity index (χ1) is 12.0. The van der Waals surface area contributed by atoms with E-state index in [1.807, 2.05) is 0 Å². The number of carbonyl (C=O) groups excluding carboxylic acids is 2. The number of hydrogen-bond acceptors (Lipinski definition) is 6. The summed E-state index contributed by atoms with van der Waals surface area (Å²) < 4.78 is 6.05. The predicted octanol–water partition coefficient (Wildman–Crippen LogP) is -0.494. The molecule has 0 spiro atoms. The Labute approximate surface area is 143 Å². The molecule has 9 nitrogen and oxygen atoms in total. The molecular formula is C16H19N5O4. The average molecular weight is 345 g/mol. The summed E-state index contributed by atoms with van der Waals surface area (Å²) in [5.41, 5.74) is 2.09. The van der Waals surface area contributed by atoms with Crippen LogP contribution in [-0.2, 0) is 35.8 Å². The van der Waals surface area contributed by atoms with E-state index in [1.165, 1.54) is 24.3 Å². The number of nitrogens with one attached hydrogen (secondary N) is 2. The summed E-state index contributed by atoms with van der Waals surface area (Å²) in [6.45, 7) is 0. The number of amides is 1. The minimum absolute atomic E-state index is 0.0296. The Morgan fingerprint density at radius 1 is 1.40 bits per heavy atom. The molecule has 0 unspecified atom stereocenters. The fourth-order valence-corrected chi connectivity index (χ4v) is 2.99. The number of ether oxygens (including phenoxy) is 1. The van der Waals surface area contributed by atoms with E-state index in [2.05, 4.69) is 20.4 Å². The van der Waals surface area contributed by atoms with Crippen molar-refractivity contribution in [3.63, 3.8) is 0 Å². The summed E-state index contributed by atoms with van der Waals surface area (Å²) in [5, 5.41) is 5.37. The highest BCUT2D eigenvalue weighted by Gasteiger charge is 2.27. The summed E-state index contributed by atoms with van der Waals surface area (Å²) in [7, 11) is 2.81. The highest BCUT2D eigenvalue weighted by Crippen LogP contribution is 2.21. The Kier molecular flexibility index (Phi) is 4.64. The van der Waals surface area contributed by atoms with E-state index in [-0.39, 0.29) is 17.7 Å². The lowest BCUT2D eigenvalue weighted by Gasteiger charge is -2.16. The van der Waals surface area contributed by atoms with Crippen LogP contribution in [0.25, 0.3) is 0 Å². The van der Waals surface area contributed by atoms with Gasteiger partial charge in [-0.05, 0) is 19.3 Å². The van der Waals surface area contributed by atoms with Gasteiger partial charge in [-0.1, -0.05) is 0 Å². The second kappa shape index (κ2) is 6.88. The number of H-pyrrole nitrogens is 1. The number of carbonyl (C=O) groups is 2. The molecule has 0 radical (unpaired) electrons. The third kappa shape index (κ3) is 3.30. The number of nitrogens with zero attached hydrogens (tertiary/aromatic N) is 3. The van der Waals surface area contributed by atoms with Gasteiger partial charge in [0.2, 0.25) is 0 Å². The lowest BCUT2D eigenvalue weighted by atomic mass is 10.1. The predicted molar refractivity (Wildman–Crippen MR) is 87.1 cm³/mol. The fourth-order valence-electron chi connectivity index (χ4n) is 2.99. The van der Waals surface area contributed by atoms with Gasteiger partial charge in [0, 0.05) is 36.5 Å². The molecule has 2 N–H and O–H groups in total. The minimum atomic E-state index is -0.979. The normalized spacial score (nSPS) is 14.0. The maximum atomic E-state index is 12.6. The zero-order chi connectivity index (χ0) is 18.0. The van der Waals surface area contributed by atoms with Crippen LogP contribution in [0.4, 0.5) is 0 Å². The molecule has 2 aromatic heterocycles. The van der Waals surface area contributed by atoms with Crippen molar-refractivity contribution in [3.8, 4) is 0 Å². The molecule has 25 heavy (non-hydrogen) atoms. The zero-order valence-corrected chi connectivity index (χ0v) is 14.0. The molecule has 1 atom stereocenters. The largest absolute Gasteiger partial charge is 0.467 e. The van der Waals surface area contributed by atoms with Crippen molar-refractivity contribution in [2.24, 2.45) is 7.05 Å². The first-order valence-electron chi connectivity index (χ1n) is 7.96. The monoisotopic (exact) mass is 345 g/mol. The molecule has 2 aromatic rings. The average Bonchev–Trinajstić information content (AvgIpc) is 3.21. The molecule has 3 rings (SSSR count). The van der Waals surface area contributed by atoms with E-state index in [0.717, 1.165) is 30.5 Å². The first-order valence-corrected chi connectivity index (χ1v) is 7.96.